The molecule has 0 atom stereocenters. The molecule has 2 rings (SSSR count). The Kier molecular flexibility index (Phi) is 5.72. The van der Waals surface area contributed by atoms with Crippen LogP contribution in [0.15, 0.2) is 71.2 Å². The third-order valence-electron chi connectivity index (χ3n) is 3.92. The van der Waals surface area contributed by atoms with Gasteiger partial charge in [0.25, 0.3) is 5.56 Å². The Labute approximate surface area is 137 Å². The first-order valence-electron chi connectivity index (χ1n) is 7.89. The predicted octanol–water partition coefficient (Wildman–Crippen LogP) is 3.60. The number of aromatic nitrogens is 1. The van der Waals surface area contributed by atoms with Crippen molar-refractivity contribution in [3.8, 4) is 0 Å². The van der Waals surface area contributed by atoms with E-state index in [0.717, 1.165) is 34.3 Å². The van der Waals surface area contributed by atoms with Gasteiger partial charge in [-0.3, -0.25) is 4.79 Å². The Morgan fingerprint density at radius 2 is 1.87 bits per heavy atom. The highest BCUT2D eigenvalue weighted by atomic mass is 16.1. The summed E-state index contributed by atoms with van der Waals surface area (Å²) in [5, 5.41) is 0. The van der Waals surface area contributed by atoms with Crippen molar-refractivity contribution in [2.24, 2.45) is 5.73 Å². The largest absolute Gasteiger partial charge is 0.327 e. The van der Waals surface area contributed by atoms with Crippen molar-refractivity contribution in [1.82, 2.24) is 4.57 Å². The van der Waals surface area contributed by atoms with Gasteiger partial charge in [-0.2, -0.15) is 0 Å². The topological polar surface area (TPSA) is 48.0 Å². The molecule has 0 aliphatic carbocycles. The van der Waals surface area contributed by atoms with E-state index >= 15 is 0 Å². The van der Waals surface area contributed by atoms with Gasteiger partial charge in [-0.25, -0.2) is 0 Å². The molecule has 120 valence electrons. The van der Waals surface area contributed by atoms with Crippen molar-refractivity contribution in [1.29, 1.82) is 0 Å². The molecule has 0 fully saturated rings. The standard InChI is InChI=1S/C20H24N2O/c1-4-17(12-21)20(15(2)3)18-10-11-19(23)22(14-18)13-16-8-6-5-7-9-16/h5-11,14H,2,4,12-13,21H2,1,3H3/b20-17-. The fourth-order valence-corrected chi connectivity index (χ4v) is 2.76. The van der Waals surface area contributed by atoms with Crippen molar-refractivity contribution in [2.45, 2.75) is 26.8 Å². The zero-order valence-corrected chi connectivity index (χ0v) is 13.9. The first-order chi connectivity index (χ1) is 11.1. The van der Waals surface area contributed by atoms with Crippen LogP contribution in [0, 0.1) is 0 Å². The maximum Gasteiger partial charge on any atom is 0.250 e. The number of nitrogens with two attached hydrogens (primary N) is 1. The lowest BCUT2D eigenvalue weighted by molar-refractivity contribution is 0.757. The molecule has 0 spiro atoms. The second-order valence-corrected chi connectivity index (χ2v) is 5.69. The summed E-state index contributed by atoms with van der Waals surface area (Å²) in [5.41, 5.74) is 11.2. The maximum atomic E-state index is 12.2. The minimum Gasteiger partial charge on any atom is -0.327 e. The first-order valence-corrected chi connectivity index (χ1v) is 7.89. The van der Waals surface area contributed by atoms with E-state index in [1.54, 1.807) is 10.6 Å². The van der Waals surface area contributed by atoms with Crippen LogP contribution in [-0.2, 0) is 6.54 Å². The third kappa shape index (κ3) is 4.08. The maximum absolute atomic E-state index is 12.2. The molecule has 2 N–H and O–H groups in total. The molecule has 0 bridgehead atoms. The highest BCUT2D eigenvalue weighted by molar-refractivity contribution is 5.80. The van der Waals surface area contributed by atoms with Crippen LogP contribution in [-0.4, -0.2) is 11.1 Å². The molecule has 1 aromatic heterocycles. The van der Waals surface area contributed by atoms with Gasteiger partial charge in [0.2, 0.25) is 0 Å². The highest BCUT2D eigenvalue weighted by Crippen LogP contribution is 2.26. The van der Waals surface area contributed by atoms with Crippen LogP contribution < -0.4 is 11.3 Å². The zero-order valence-electron chi connectivity index (χ0n) is 13.9. The van der Waals surface area contributed by atoms with Gasteiger partial charge in [0.1, 0.15) is 0 Å². The summed E-state index contributed by atoms with van der Waals surface area (Å²) in [4.78, 5) is 12.2. The molecule has 0 saturated carbocycles. The van der Waals surface area contributed by atoms with E-state index in [2.05, 4.69) is 13.5 Å². The molecular formula is C20H24N2O. The van der Waals surface area contributed by atoms with E-state index in [1.807, 2.05) is 49.5 Å². The molecule has 0 unspecified atom stereocenters. The van der Waals surface area contributed by atoms with Crippen LogP contribution in [0.25, 0.3) is 5.57 Å². The van der Waals surface area contributed by atoms with E-state index in [-0.39, 0.29) is 5.56 Å². The van der Waals surface area contributed by atoms with Crippen molar-refractivity contribution < 1.29 is 0 Å². The lowest BCUT2D eigenvalue weighted by Crippen LogP contribution is -2.20. The number of pyridine rings is 1. The molecule has 0 aliphatic rings. The number of rotatable bonds is 6. The van der Waals surface area contributed by atoms with Gasteiger partial charge in [0.15, 0.2) is 0 Å². The Bertz CT molecular complexity index is 764. The normalized spacial score (nSPS) is 12.0. The SMILES string of the molecule is C=C(C)/C(=C(\CC)CN)c1ccc(=O)n(Cc2ccccc2)c1. The molecule has 3 heteroatoms. The second kappa shape index (κ2) is 7.75. The summed E-state index contributed by atoms with van der Waals surface area (Å²) < 4.78 is 1.73. The van der Waals surface area contributed by atoms with Gasteiger partial charge in [0.05, 0.1) is 6.54 Å². The summed E-state index contributed by atoms with van der Waals surface area (Å²) in [6, 6.07) is 13.4. The minimum absolute atomic E-state index is 0.00975. The molecule has 3 nitrogen and oxygen atoms in total. The summed E-state index contributed by atoms with van der Waals surface area (Å²) in [7, 11) is 0. The third-order valence-corrected chi connectivity index (χ3v) is 3.92. The van der Waals surface area contributed by atoms with Gasteiger partial charge in [0, 0.05) is 18.8 Å². The Balaban J connectivity index is 2.49. The van der Waals surface area contributed by atoms with Gasteiger partial charge in [-0.05, 0) is 41.7 Å². The molecule has 0 amide bonds. The van der Waals surface area contributed by atoms with Crippen LogP contribution in [0.1, 0.15) is 31.4 Å². The zero-order chi connectivity index (χ0) is 16.8. The fourth-order valence-electron chi connectivity index (χ4n) is 2.76. The van der Waals surface area contributed by atoms with E-state index in [4.69, 9.17) is 5.73 Å². The Hall–Kier alpha value is -2.39. The number of nitrogens with zero attached hydrogens (tertiary/aromatic N) is 1. The van der Waals surface area contributed by atoms with Crippen LogP contribution in [0.4, 0.5) is 0 Å². The van der Waals surface area contributed by atoms with Gasteiger partial charge >= 0.3 is 0 Å². The minimum atomic E-state index is -0.00975. The molecule has 0 aliphatic heterocycles. The molecule has 1 aromatic carbocycles. The summed E-state index contributed by atoms with van der Waals surface area (Å²) in [6.07, 6.45) is 2.78. The van der Waals surface area contributed by atoms with Crippen molar-refractivity contribution in [3.63, 3.8) is 0 Å². The molecule has 0 radical (unpaired) electrons. The second-order valence-electron chi connectivity index (χ2n) is 5.69. The quantitative estimate of drug-likeness (QED) is 0.829. The van der Waals surface area contributed by atoms with Crippen LogP contribution in [0.2, 0.25) is 0 Å². The lowest BCUT2D eigenvalue weighted by atomic mass is 9.94. The van der Waals surface area contributed by atoms with Crippen molar-refractivity contribution in [2.75, 3.05) is 6.54 Å². The lowest BCUT2D eigenvalue weighted by Gasteiger charge is -2.15. The number of hydrogen-bond donors (Lipinski definition) is 1. The van der Waals surface area contributed by atoms with E-state index in [9.17, 15) is 4.79 Å². The average Bonchev–Trinajstić information content (AvgIpc) is 2.55. The monoisotopic (exact) mass is 308 g/mol. The Morgan fingerprint density at radius 1 is 1.17 bits per heavy atom. The predicted molar refractivity (Wildman–Crippen MR) is 97.3 cm³/mol. The number of allylic oxidation sites excluding steroid dienone is 2. The van der Waals surface area contributed by atoms with E-state index < -0.39 is 0 Å². The molecule has 0 saturated heterocycles. The molecule has 1 heterocycles. The molecule has 23 heavy (non-hydrogen) atoms. The first kappa shape index (κ1) is 17.0. The van der Waals surface area contributed by atoms with Crippen LogP contribution in [0.3, 0.4) is 0 Å². The van der Waals surface area contributed by atoms with Crippen LogP contribution in [0.5, 0.6) is 0 Å². The molecule has 2 aromatic rings. The number of benzene rings is 1. The summed E-state index contributed by atoms with van der Waals surface area (Å²) >= 11 is 0. The van der Waals surface area contributed by atoms with E-state index in [0.29, 0.717) is 13.1 Å². The van der Waals surface area contributed by atoms with Crippen molar-refractivity contribution in [3.05, 3.63) is 87.9 Å². The van der Waals surface area contributed by atoms with Gasteiger partial charge < -0.3 is 10.3 Å². The smallest absolute Gasteiger partial charge is 0.250 e. The number of hydrogen-bond acceptors (Lipinski definition) is 2. The summed E-state index contributed by atoms with van der Waals surface area (Å²) in [6.45, 7) is 9.20. The van der Waals surface area contributed by atoms with E-state index in [1.165, 1.54) is 0 Å². The summed E-state index contributed by atoms with van der Waals surface area (Å²) in [5.74, 6) is 0. The fraction of sp³-hybridized carbons (Fsp3) is 0.250. The van der Waals surface area contributed by atoms with Crippen molar-refractivity contribution >= 4 is 5.57 Å². The average molecular weight is 308 g/mol. The van der Waals surface area contributed by atoms with Crippen LogP contribution >= 0.6 is 0 Å². The highest BCUT2D eigenvalue weighted by Gasteiger charge is 2.10. The van der Waals surface area contributed by atoms with Gasteiger partial charge in [-0.15, -0.1) is 0 Å². The molecular weight excluding hydrogens is 284 g/mol. The van der Waals surface area contributed by atoms with Gasteiger partial charge in [-0.1, -0.05) is 49.4 Å². The Morgan fingerprint density at radius 3 is 2.43 bits per heavy atom.